The third kappa shape index (κ3) is 5.29. The van der Waals surface area contributed by atoms with E-state index in [1.165, 1.54) is 0 Å². The number of piperidine rings is 1. The van der Waals surface area contributed by atoms with Gasteiger partial charge < -0.3 is 14.5 Å². The van der Waals surface area contributed by atoms with E-state index in [-0.39, 0.29) is 12.1 Å². The van der Waals surface area contributed by atoms with E-state index in [2.05, 4.69) is 26.7 Å². The number of benzene rings is 2. The SMILES string of the molecule is CC(C)(C)OC(=O)NC1CCN(Cc2cc(NO)c3cncc(-c4cc5ccccc5o4)c3c2)CC1. The van der Waals surface area contributed by atoms with Gasteiger partial charge in [0, 0.05) is 54.4 Å². The third-order valence-corrected chi connectivity index (χ3v) is 6.46. The number of carbonyl (C=O) groups is 1. The summed E-state index contributed by atoms with van der Waals surface area (Å²) in [6, 6.07) is 14.1. The molecule has 2 aromatic heterocycles. The first-order valence-electron chi connectivity index (χ1n) is 12.3. The van der Waals surface area contributed by atoms with Crippen LogP contribution in [0.5, 0.6) is 0 Å². The average molecular weight is 489 g/mol. The summed E-state index contributed by atoms with van der Waals surface area (Å²) in [5, 5.41) is 15.7. The van der Waals surface area contributed by atoms with E-state index in [0.29, 0.717) is 5.69 Å². The zero-order valence-corrected chi connectivity index (χ0v) is 20.9. The quantitative estimate of drug-likeness (QED) is 0.299. The molecule has 8 heteroatoms. The standard InChI is InChI=1S/C28H32N4O4/c1-28(2,3)36-27(33)30-20-8-10-32(11-9-20)17-18-12-21-22(24(13-18)31-34)15-29-16-23(21)26-14-19-6-4-5-7-25(19)35-26/h4-7,12-16,20,31,34H,8-11,17H2,1-3H3,(H,30,33). The predicted octanol–water partition coefficient (Wildman–Crippen LogP) is 5.94. The summed E-state index contributed by atoms with van der Waals surface area (Å²) in [7, 11) is 0. The molecule has 0 unspecified atom stereocenters. The summed E-state index contributed by atoms with van der Waals surface area (Å²) in [6.45, 7) is 8.03. The van der Waals surface area contributed by atoms with Crippen molar-refractivity contribution in [2.24, 2.45) is 0 Å². The number of alkyl carbamates (subject to hydrolysis) is 1. The fourth-order valence-electron chi connectivity index (χ4n) is 4.79. The summed E-state index contributed by atoms with van der Waals surface area (Å²) >= 11 is 0. The predicted molar refractivity (Wildman–Crippen MR) is 140 cm³/mol. The lowest BCUT2D eigenvalue weighted by Gasteiger charge is -2.33. The number of pyridine rings is 1. The van der Waals surface area contributed by atoms with E-state index in [4.69, 9.17) is 9.15 Å². The number of hydrogen-bond donors (Lipinski definition) is 3. The van der Waals surface area contributed by atoms with E-state index in [1.807, 2.05) is 57.2 Å². The Kier molecular flexibility index (Phi) is 6.55. The van der Waals surface area contributed by atoms with Gasteiger partial charge in [-0.2, -0.15) is 0 Å². The number of aromatic nitrogens is 1. The van der Waals surface area contributed by atoms with Gasteiger partial charge in [-0.25, -0.2) is 4.79 Å². The second-order valence-corrected chi connectivity index (χ2v) is 10.4. The molecule has 1 amide bonds. The Morgan fingerprint density at radius 3 is 2.64 bits per heavy atom. The highest BCUT2D eigenvalue weighted by Crippen LogP contribution is 2.36. The lowest BCUT2D eigenvalue weighted by Crippen LogP contribution is -2.45. The van der Waals surface area contributed by atoms with Gasteiger partial charge in [0.1, 0.15) is 16.9 Å². The van der Waals surface area contributed by atoms with E-state index in [0.717, 1.165) is 71.1 Å². The second-order valence-electron chi connectivity index (χ2n) is 10.4. The number of amides is 1. The maximum atomic E-state index is 12.1. The van der Waals surface area contributed by atoms with Crippen LogP contribution in [0.2, 0.25) is 0 Å². The molecule has 36 heavy (non-hydrogen) atoms. The Balaban J connectivity index is 1.34. The van der Waals surface area contributed by atoms with Crippen molar-refractivity contribution in [1.82, 2.24) is 15.2 Å². The van der Waals surface area contributed by atoms with E-state index < -0.39 is 5.60 Å². The van der Waals surface area contributed by atoms with Crippen molar-refractivity contribution < 1.29 is 19.2 Å². The van der Waals surface area contributed by atoms with Crippen LogP contribution in [0, 0.1) is 0 Å². The zero-order valence-electron chi connectivity index (χ0n) is 20.9. The van der Waals surface area contributed by atoms with Crippen molar-refractivity contribution in [3.8, 4) is 11.3 Å². The Hall–Kier alpha value is -3.62. The largest absolute Gasteiger partial charge is 0.456 e. The summed E-state index contributed by atoms with van der Waals surface area (Å²) in [4.78, 5) is 18.9. The van der Waals surface area contributed by atoms with Gasteiger partial charge in [0.05, 0.1) is 5.69 Å². The number of para-hydroxylation sites is 1. The van der Waals surface area contributed by atoms with E-state index >= 15 is 0 Å². The molecule has 8 nitrogen and oxygen atoms in total. The molecule has 0 saturated carbocycles. The van der Waals surface area contributed by atoms with Crippen LogP contribution in [0.3, 0.4) is 0 Å². The van der Waals surface area contributed by atoms with Gasteiger partial charge in [0.25, 0.3) is 0 Å². The first-order valence-corrected chi connectivity index (χ1v) is 12.3. The zero-order chi connectivity index (χ0) is 25.3. The maximum absolute atomic E-state index is 12.1. The minimum atomic E-state index is -0.504. The summed E-state index contributed by atoms with van der Waals surface area (Å²) in [5.74, 6) is 0.740. The van der Waals surface area contributed by atoms with Crippen LogP contribution in [-0.2, 0) is 11.3 Å². The van der Waals surface area contributed by atoms with E-state index in [9.17, 15) is 10.0 Å². The molecule has 1 aliphatic heterocycles. The Morgan fingerprint density at radius 2 is 1.92 bits per heavy atom. The van der Waals surface area contributed by atoms with Crippen molar-refractivity contribution in [2.75, 3.05) is 18.6 Å². The number of ether oxygens (including phenoxy) is 1. The first kappa shape index (κ1) is 24.1. The number of hydrogen-bond acceptors (Lipinski definition) is 7. The van der Waals surface area contributed by atoms with Gasteiger partial charge in [-0.15, -0.1) is 0 Å². The second kappa shape index (κ2) is 9.79. The molecule has 0 radical (unpaired) electrons. The van der Waals surface area contributed by atoms with Gasteiger partial charge in [0.2, 0.25) is 0 Å². The Labute approximate surface area is 210 Å². The minimum Gasteiger partial charge on any atom is -0.456 e. The van der Waals surface area contributed by atoms with Crippen LogP contribution < -0.4 is 10.8 Å². The van der Waals surface area contributed by atoms with Crippen LogP contribution in [0.4, 0.5) is 10.5 Å². The highest BCUT2D eigenvalue weighted by molar-refractivity contribution is 6.02. The van der Waals surface area contributed by atoms with Gasteiger partial charge in [-0.1, -0.05) is 18.2 Å². The van der Waals surface area contributed by atoms with Gasteiger partial charge in [-0.3, -0.25) is 20.6 Å². The molecule has 0 atom stereocenters. The van der Waals surface area contributed by atoms with Crippen LogP contribution in [0.1, 0.15) is 39.2 Å². The highest BCUT2D eigenvalue weighted by atomic mass is 16.6. The van der Waals surface area contributed by atoms with E-state index in [1.54, 1.807) is 12.4 Å². The number of rotatable bonds is 5. The molecule has 1 aliphatic rings. The van der Waals surface area contributed by atoms with Crippen LogP contribution >= 0.6 is 0 Å². The lowest BCUT2D eigenvalue weighted by atomic mass is 10.00. The van der Waals surface area contributed by atoms with Crippen molar-refractivity contribution >= 4 is 33.5 Å². The van der Waals surface area contributed by atoms with Crippen molar-refractivity contribution in [3.05, 3.63) is 60.4 Å². The first-order chi connectivity index (χ1) is 17.3. The van der Waals surface area contributed by atoms with Gasteiger partial charge in [0.15, 0.2) is 0 Å². The number of nitrogens with one attached hydrogen (secondary N) is 2. The number of fused-ring (bicyclic) bond motifs is 2. The van der Waals surface area contributed by atoms with Crippen molar-refractivity contribution in [3.63, 3.8) is 0 Å². The number of anilines is 1. The van der Waals surface area contributed by atoms with Crippen LogP contribution in [0.25, 0.3) is 33.1 Å². The highest BCUT2D eigenvalue weighted by Gasteiger charge is 2.24. The average Bonchev–Trinajstić information content (AvgIpc) is 3.27. The molecule has 4 aromatic rings. The van der Waals surface area contributed by atoms with Crippen molar-refractivity contribution in [1.29, 1.82) is 0 Å². The molecule has 0 spiro atoms. The lowest BCUT2D eigenvalue weighted by molar-refractivity contribution is 0.0477. The summed E-state index contributed by atoms with van der Waals surface area (Å²) in [6.07, 6.45) is 4.90. The topological polar surface area (TPSA) is 99.9 Å². The number of likely N-dealkylation sites (tertiary alicyclic amines) is 1. The Morgan fingerprint density at radius 1 is 1.14 bits per heavy atom. The molecule has 2 aromatic carbocycles. The minimum absolute atomic E-state index is 0.105. The third-order valence-electron chi connectivity index (χ3n) is 6.46. The van der Waals surface area contributed by atoms with Gasteiger partial charge >= 0.3 is 6.09 Å². The molecule has 188 valence electrons. The normalized spacial score (nSPS) is 15.3. The summed E-state index contributed by atoms with van der Waals surface area (Å²) in [5.41, 5.74) is 5.22. The fourth-order valence-corrected chi connectivity index (χ4v) is 4.79. The number of furan rings is 1. The molecular formula is C28H32N4O4. The summed E-state index contributed by atoms with van der Waals surface area (Å²) < 4.78 is 11.5. The molecule has 3 heterocycles. The molecule has 5 rings (SSSR count). The molecular weight excluding hydrogens is 456 g/mol. The number of carbonyl (C=O) groups excluding carboxylic acids is 1. The molecule has 0 aliphatic carbocycles. The van der Waals surface area contributed by atoms with Crippen LogP contribution in [0.15, 0.2) is 59.3 Å². The molecule has 1 fully saturated rings. The molecule has 3 N–H and O–H groups in total. The monoisotopic (exact) mass is 488 g/mol. The maximum Gasteiger partial charge on any atom is 0.407 e. The Bertz CT molecular complexity index is 1350. The smallest absolute Gasteiger partial charge is 0.407 e. The fraction of sp³-hybridized carbons (Fsp3) is 0.357. The number of nitrogens with zero attached hydrogens (tertiary/aromatic N) is 2. The van der Waals surface area contributed by atoms with Gasteiger partial charge in [-0.05, 0) is 68.8 Å². The molecule has 1 saturated heterocycles. The van der Waals surface area contributed by atoms with Crippen molar-refractivity contribution in [2.45, 2.75) is 51.8 Å². The van der Waals surface area contributed by atoms with Crippen LogP contribution in [-0.4, -0.2) is 45.9 Å². The molecule has 0 bridgehead atoms.